The molecular formula is C20H31IN6S. The fourth-order valence-electron chi connectivity index (χ4n) is 3.20. The second kappa shape index (κ2) is 12.3. The Morgan fingerprint density at radius 2 is 2.07 bits per heavy atom. The van der Waals surface area contributed by atoms with Crippen LogP contribution in [0.15, 0.2) is 35.6 Å². The van der Waals surface area contributed by atoms with Gasteiger partial charge in [0.05, 0.1) is 12.2 Å². The summed E-state index contributed by atoms with van der Waals surface area (Å²) >= 11 is 1.75. The molecule has 1 aliphatic rings. The molecule has 0 saturated carbocycles. The van der Waals surface area contributed by atoms with E-state index in [1.54, 1.807) is 11.3 Å². The van der Waals surface area contributed by atoms with Crippen LogP contribution in [0.3, 0.4) is 0 Å². The second-order valence-electron chi connectivity index (χ2n) is 6.78. The fourth-order valence-corrected chi connectivity index (χ4v) is 3.99. The number of piperidine rings is 1. The monoisotopic (exact) mass is 514 g/mol. The minimum Gasteiger partial charge on any atom is -0.357 e. The first-order valence-electron chi connectivity index (χ1n) is 9.87. The van der Waals surface area contributed by atoms with Crippen molar-refractivity contribution in [1.29, 1.82) is 0 Å². The highest BCUT2D eigenvalue weighted by Gasteiger charge is 2.20. The lowest BCUT2D eigenvalue weighted by molar-refractivity contribution is 0.196. The second-order valence-corrected chi connectivity index (χ2v) is 7.98. The maximum absolute atomic E-state index is 4.73. The van der Waals surface area contributed by atoms with Gasteiger partial charge in [-0.3, -0.25) is 9.88 Å². The predicted molar refractivity (Wildman–Crippen MR) is 127 cm³/mol. The third-order valence-electron chi connectivity index (χ3n) is 4.71. The molecule has 0 bridgehead atoms. The fraction of sp³-hybridized carbons (Fsp3) is 0.550. The molecule has 2 aromatic rings. The highest BCUT2D eigenvalue weighted by molar-refractivity contribution is 14.0. The van der Waals surface area contributed by atoms with E-state index in [0.717, 1.165) is 62.1 Å². The van der Waals surface area contributed by atoms with Crippen LogP contribution in [0.2, 0.25) is 0 Å². The van der Waals surface area contributed by atoms with Gasteiger partial charge in [0, 0.05) is 49.5 Å². The Morgan fingerprint density at radius 3 is 2.71 bits per heavy atom. The Bertz CT molecular complexity index is 712. The minimum absolute atomic E-state index is 0. The summed E-state index contributed by atoms with van der Waals surface area (Å²) in [6.07, 6.45) is 7.11. The normalized spacial score (nSPS) is 15.9. The number of rotatable bonds is 7. The van der Waals surface area contributed by atoms with Gasteiger partial charge in [0.25, 0.3) is 0 Å². The van der Waals surface area contributed by atoms with Gasteiger partial charge in [-0.2, -0.15) is 0 Å². The van der Waals surface area contributed by atoms with Crippen molar-refractivity contribution in [3.8, 4) is 0 Å². The Labute approximate surface area is 189 Å². The molecule has 2 aromatic heterocycles. The van der Waals surface area contributed by atoms with Crippen molar-refractivity contribution in [3.63, 3.8) is 0 Å². The van der Waals surface area contributed by atoms with Crippen LogP contribution in [-0.2, 0) is 19.5 Å². The molecule has 154 valence electrons. The molecule has 3 rings (SSSR count). The highest BCUT2D eigenvalue weighted by Crippen LogP contribution is 2.15. The number of likely N-dealkylation sites (tertiary alicyclic amines) is 1. The SMILES string of the molecule is CCNC(=NCc1ncc(CC)s1)NC1CCN(Cc2ccccn2)CC1.I. The molecule has 1 fully saturated rings. The Morgan fingerprint density at radius 1 is 1.25 bits per heavy atom. The smallest absolute Gasteiger partial charge is 0.191 e. The van der Waals surface area contributed by atoms with Gasteiger partial charge in [-0.05, 0) is 38.3 Å². The quantitative estimate of drug-likeness (QED) is 0.337. The molecule has 0 radical (unpaired) electrons. The number of hydrogen-bond donors (Lipinski definition) is 2. The van der Waals surface area contributed by atoms with E-state index in [1.807, 2.05) is 18.5 Å². The maximum atomic E-state index is 4.73. The molecule has 0 amide bonds. The average molecular weight is 514 g/mol. The summed E-state index contributed by atoms with van der Waals surface area (Å²) in [5, 5.41) is 8.05. The molecule has 1 aliphatic heterocycles. The van der Waals surface area contributed by atoms with Gasteiger partial charge in [0.1, 0.15) is 5.01 Å². The minimum atomic E-state index is 0. The van der Waals surface area contributed by atoms with Gasteiger partial charge < -0.3 is 10.6 Å². The van der Waals surface area contributed by atoms with Crippen molar-refractivity contribution in [3.05, 3.63) is 46.2 Å². The van der Waals surface area contributed by atoms with Crippen molar-refractivity contribution in [2.75, 3.05) is 19.6 Å². The summed E-state index contributed by atoms with van der Waals surface area (Å²) in [5.74, 6) is 0.897. The van der Waals surface area contributed by atoms with E-state index in [4.69, 9.17) is 4.99 Å². The molecule has 3 heterocycles. The Balaban J connectivity index is 0.00000280. The standard InChI is InChI=1S/C20H30N6S.HI/c1-3-18-13-23-19(27-18)14-24-20(21-4-2)25-16-8-11-26(12-9-16)15-17-7-5-6-10-22-17;/h5-7,10,13,16H,3-4,8-9,11-12,14-15H2,1-2H3,(H2,21,24,25);1H. The summed E-state index contributed by atoms with van der Waals surface area (Å²) in [5.41, 5.74) is 1.15. The number of halogens is 1. The first-order chi connectivity index (χ1) is 13.3. The van der Waals surface area contributed by atoms with Crippen LogP contribution in [-0.4, -0.2) is 46.5 Å². The molecule has 6 nitrogen and oxygen atoms in total. The van der Waals surface area contributed by atoms with E-state index in [9.17, 15) is 0 Å². The van der Waals surface area contributed by atoms with Gasteiger partial charge in [0.2, 0.25) is 0 Å². The third kappa shape index (κ3) is 7.29. The van der Waals surface area contributed by atoms with Crippen molar-refractivity contribution in [1.82, 2.24) is 25.5 Å². The molecule has 1 saturated heterocycles. The number of aromatic nitrogens is 2. The molecule has 0 atom stereocenters. The summed E-state index contributed by atoms with van der Waals surface area (Å²) in [6.45, 7) is 8.87. The summed E-state index contributed by atoms with van der Waals surface area (Å²) in [7, 11) is 0. The van der Waals surface area contributed by atoms with Gasteiger partial charge in [0.15, 0.2) is 5.96 Å². The number of thiazole rings is 1. The predicted octanol–water partition coefficient (Wildman–Crippen LogP) is 3.44. The zero-order valence-electron chi connectivity index (χ0n) is 16.7. The Hall–Kier alpha value is -1.26. The summed E-state index contributed by atoms with van der Waals surface area (Å²) < 4.78 is 0. The highest BCUT2D eigenvalue weighted by atomic mass is 127. The number of nitrogens with one attached hydrogen (secondary N) is 2. The van der Waals surface area contributed by atoms with Crippen LogP contribution in [0.1, 0.15) is 42.3 Å². The van der Waals surface area contributed by atoms with E-state index in [0.29, 0.717) is 12.6 Å². The first kappa shape index (κ1) is 23.0. The summed E-state index contributed by atoms with van der Waals surface area (Å²) in [4.78, 5) is 17.4. The lowest BCUT2D eigenvalue weighted by atomic mass is 10.0. The van der Waals surface area contributed by atoms with E-state index in [2.05, 4.69) is 51.5 Å². The van der Waals surface area contributed by atoms with Crippen LogP contribution >= 0.6 is 35.3 Å². The number of aryl methyl sites for hydroxylation is 1. The average Bonchev–Trinajstić information content (AvgIpc) is 3.17. The van der Waals surface area contributed by atoms with Gasteiger partial charge in [-0.25, -0.2) is 9.98 Å². The zero-order valence-corrected chi connectivity index (χ0v) is 19.9. The number of nitrogens with zero attached hydrogens (tertiary/aromatic N) is 4. The zero-order chi connectivity index (χ0) is 18.9. The van der Waals surface area contributed by atoms with Crippen LogP contribution in [0, 0.1) is 0 Å². The van der Waals surface area contributed by atoms with Crippen LogP contribution in [0.5, 0.6) is 0 Å². The van der Waals surface area contributed by atoms with Crippen LogP contribution < -0.4 is 10.6 Å². The van der Waals surface area contributed by atoms with E-state index in [-0.39, 0.29) is 24.0 Å². The van der Waals surface area contributed by atoms with E-state index >= 15 is 0 Å². The molecule has 28 heavy (non-hydrogen) atoms. The van der Waals surface area contributed by atoms with Crippen molar-refractivity contribution >= 4 is 41.3 Å². The molecule has 0 spiro atoms. The lowest BCUT2D eigenvalue weighted by Crippen LogP contribution is -2.48. The number of guanidine groups is 1. The maximum Gasteiger partial charge on any atom is 0.191 e. The molecular weight excluding hydrogens is 483 g/mol. The first-order valence-corrected chi connectivity index (χ1v) is 10.7. The largest absolute Gasteiger partial charge is 0.357 e. The molecule has 2 N–H and O–H groups in total. The number of pyridine rings is 1. The Kier molecular flexibility index (Phi) is 10.1. The number of aliphatic imine (C=N–C) groups is 1. The molecule has 0 aromatic carbocycles. The number of hydrogen-bond acceptors (Lipinski definition) is 5. The van der Waals surface area contributed by atoms with Crippen LogP contribution in [0.4, 0.5) is 0 Å². The van der Waals surface area contributed by atoms with Crippen molar-refractivity contribution in [2.24, 2.45) is 4.99 Å². The molecule has 8 heteroatoms. The van der Waals surface area contributed by atoms with Gasteiger partial charge in [-0.1, -0.05) is 13.0 Å². The molecule has 0 unspecified atom stereocenters. The van der Waals surface area contributed by atoms with Crippen molar-refractivity contribution in [2.45, 2.75) is 52.2 Å². The van der Waals surface area contributed by atoms with Crippen molar-refractivity contribution < 1.29 is 0 Å². The lowest BCUT2D eigenvalue weighted by Gasteiger charge is -2.32. The van der Waals surface area contributed by atoms with Gasteiger partial charge in [-0.15, -0.1) is 35.3 Å². The van der Waals surface area contributed by atoms with Crippen LogP contribution in [0.25, 0.3) is 0 Å². The van der Waals surface area contributed by atoms with Gasteiger partial charge >= 0.3 is 0 Å². The topological polar surface area (TPSA) is 65.4 Å². The van der Waals surface area contributed by atoms with E-state index < -0.39 is 0 Å². The van der Waals surface area contributed by atoms with E-state index in [1.165, 1.54) is 4.88 Å². The third-order valence-corrected chi connectivity index (χ3v) is 5.83. The molecule has 0 aliphatic carbocycles. The summed E-state index contributed by atoms with van der Waals surface area (Å²) in [6, 6.07) is 6.59.